The Morgan fingerprint density at radius 1 is 1.25 bits per heavy atom. The molecule has 1 atom stereocenters. The smallest absolute Gasteiger partial charge is 0.271 e. The van der Waals surface area contributed by atoms with Crippen molar-refractivity contribution in [3.05, 3.63) is 58.1 Å². The summed E-state index contributed by atoms with van der Waals surface area (Å²) in [4.78, 5) is 25.1. The van der Waals surface area contributed by atoms with E-state index in [0.717, 1.165) is 24.2 Å². The summed E-state index contributed by atoms with van der Waals surface area (Å²) < 4.78 is 10.8. The molecule has 0 aliphatic carbocycles. The lowest BCUT2D eigenvalue weighted by Gasteiger charge is -2.27. The maximum absolute atomic E-state index is 12.8. The predicted octanol–water partition coefficient (Wildman–Crippen LogP) is 3.39. The lowest BCUT2D eigenvalue weighted by Crippen LogP contribution is -2.35. The lowest BCUT2D eigenvalue weighted by atomic mass is 10.0. The molecule has 148 valence electrons. The van der Waals surface area contributed by atoms with Crippen LogP contribution in [0.1, 0.15) is 24.4 Å². The number of hydrogen-bond acceptors (Lipinski definition) is 6. The maximum atomic E-state index is 12.8. The van der Waals surface area contributed by atoms with Gasteiger partial charge in [-0.25, -0.2) is 0 Å². The molecule has 2 aromatic rings. The van der Waals surface area contributed by atoms with Crippen molar-refractivity contribution >= 4 is 17.3 Å². The Balaban J connectivity index is 1.73. The van der Waals surface area contributed by atoms with E-state index in [-0.39, 0.29) is 24.2 Å². The fourth-order valence-corrected chi connectivity index (χ4v) is 3.50. The van der Waals surface area contributed by atoms with Gasteiger partial charge in [0.2, 0.25) is 5.91 Å². The van der Waals surface area contributed by atoms with Crippen LogP contribution in [-0.4, -0.2) is 43.0 Å². The highest BCUT2D eigenvalue weighted by Crippen LogP contribution is 2.38. The first-order chi connectivity index (χ1) is 13.5. The number of nitrogens with zero attached hydrogens (tertiary/aromatic N) is 2. The van der Waals surface area contributed by atoms with E-state index in [1.54, 1.807) is 26.4 Å². The average molecular weight is 385 g/mol. The molecule has 0 saturated carbocycles. The number of nitrogens with one attached hydrogen (secondary N) is 1. The number of carbonyl (C=O) groups is 1. The van der Waals surface area contributed by atoms with Crippen molar-refractivity contribution in [3.63, 3.8) is 0 Å². The van der Waals surface area contributed by atoms with E-state index in [0.29, 0.717) is 18.0 Å². The summed E-state index contributed by atoms with van der Waals surface area (Å²) in [6.45, 7) is 0.713. The van der Waals surface area contributed by atoms with E-state index in [9.17, 15) is 14.9 Å². The zero-order chi connectivity index (χ0) is 20.1. The van der Waals surface area contributed by atoms with Gasteiger partial charge in [-0.15, -0.1) is 0 Å². The molecule has 1 heterocycles. The number of anilines is 1. The van der Waals surface area contributed by atoms with Crippen molar-refractivity contribution in [2.45, 2.75) is 18.9 Å². The molecule has 3 rings (SSSR count). The fraction of sp³-hybridized carbons (Fsp3) is 0.350. The minimum atomic E-state index is -0.460. The maximum Gasteiger partial charge on any atom is 0.271 e. The van der Waals surface area contributed by atoms with Crippen molar-refractivity contribution in [2.75, 3.05) is 32.6 Å². The van der Waals surface area contributed by atoms with Crippen LogP contribution in [0.15, 0.2) is 42.5 Å². The molecule has 1 aliphatic rings. The van der Waals surface area contributed by atoms with Gasteiger partial charge in [0.1, 0.15) is 11.5 Å². The monoisotopic (exact) mass is 385 g/mol. The standard InChI is InChI=1S/C20H23N3O5/c1-27-16-8-9-19(28-2)17(12-16)18-7-4-10-22(18)20(24)13-21-14-5-3-6-15(11-14)23(25)26/h3,5-6,8-9,11-12,18,21H,4,7,10,13H2,1-2H3/t18-/m1/s1. The van der Waals surface area contributed by atoms with Gasteiger partial charge >= 0.3 is 0 Å². The molecular formula is C20H23N3O5. The number of nitro benzene ring substituents is 1. The molecular weight excluding hydrogens is 362 g/mol. The summed E-state index contributed by atoms with van der Waals surface area (Å²) in [5.74, 6) is 1.36. The Hall–Kier alpha value is -3.29. The van der Waals surface area contributed by atoms with Gasteiger partial charge in [0, 0.05) is 29.9 Å². The highest BCUT2D eigenvalue weighted by Gasteiger charge is 2.32. The van der Waals surface area contributed by atoms with Crippen LogP contribution in [0.3, 0.4) is 0 Å². The van der Waals surface area contributed by atoms with Crippen LogP contribution in [-0.2, 0) is 4.79 Å². The molecule has 0 aromatic heterocycles. The van der Waals surface area contributed by atoms with Crippen LogP contribution in [0.5, 0.6) is 11.5 Å². The second-order valence-corrected chi connectivity index (χ2v) is 6.51. The van der Waals surface area contributed by atoms with Gasteiger partial charge < -0.3 is 19.7 Å². The Morgan fingerprint density at radius 3 is 2.79 bits per heavy atom. The largest absolute Gasteiger partial charge is 0.497 e. The fourth-order valence-electron chi connectivity index (χ4n) is 3.50. The summed E-state index contributed by atoms with van der Waals surface area (Å²) in [5.41, 5.74) is 1.44. The van der Waals surface area contributed by atoms with E-state index < -0.39 is 4.92 Å². The third-order valence-electron chi connectivity index (χ3n) is 4.87. The number of rotatable bonds is 7. The summed E-state index contributed by atoms with van der Waals surface area (Å²) in [6.07, 6.45) is 1.74. The van der Waals surface area contributed by atoms with Crippen LogP contribution in [0.2, 0.25) is 0 Å². The van der Waals surface area contributed by atoms with Gasteiger partial charge in [0.05, 0.1) is 31.7 Å². The highest BCUT2D eigenvalue weighted by molar-refractivity contribution is 5.82. The molecule has 1 amide bonds. The Kier molecular flexibility index (Phi) is 5.98. The first kappa shape index (κ1) is 19.5. The average Bonchev–Trinajstić information content (AvgIpc) is 3.21. The number of amides is 1. The van der Waals surface area contributed by atoms with E-state index in [2.05, 4.69) is 5.32 Å². The zero-order valence-corrected chi connectivity index (χ0v) is 15.9. The van der Waals surface area contributed by atoms with E-state index >= 15 is 0 Å². The summed E-state index contributed by atoms with van der Waals surface area (Å²) in [7, 11) is 3.21. The minimum Gasteiger partial charge on any atom is -0.497 e. The van der Waals surface area contributed by atoms with Crippen molar-refractivity contribution in [2.24, 2.45) is 0 Å². The number of carbonyl (C=O) groups excluding carboxylic acids is 1. The summed E-state index contributed by atoms with van der Waals surface area (Å²) in [5, 5.41) is 13.9. The van der Waals surface area contributed by atoms with Gasteiger partial charge in [0.15, 0.2) is 0 Å². The molecule has 0 unspecified atom stereocenters. The first-order valence-corrected chi connectivity index (χ1v) is 9.03. The number of ether oxygens (including phenoxy) is 2. The normalized spacial score (nSPS) is 15.9. The predicted molar refractivity (Wildman–Crippen MR) is 105 cm³/mol. The number of nitro groups is 1. The van der Waals surface area contributed by atoms with Gasteiger partial charge in [-0.1, -0.05) is 6.07 Å². The molecule has 8 heteroatoms. The Bertz CT molecular complexity index is 871. The van der Waals surface area contributed by atoms with Crippen molar-refractivity contribution in [1.82, 2.24) is 4.90 Å². The zero-order valence-electron chi connectivity index (χ0n) is 15.9. The van der Waals surface area contributed by atoms with Crippen LogP contribution in [0.4, 0.5) is 11.4 Å². The van der Waals surface area contributed by atoms with Gasteiger partial charge in [0.25, 0.3) is 5.69 Å². The van der Waals surface area contributed by atoms with E-state index in [1.165, 1.54) is 12.1 Å². The third-order valence-corrected chi connectivity index (χ3v) is 4.87. The lowest BCUT2D eigenvalue weighted by molar-refractivity contribution is -0.384. The molecule has 1 aliphatic heterocycles. The van der Waals surface area contributed by atoms with Gasteiger partial charge in [-0.3, -0.25) is 14.9 Å². The minimum absolute atomic E-state index is 0.0161. The molecule has 1 saturated heterocycles. The Labute approximate surface area is 163 Å². The SMILES string of the molecule is COc1ccc(OC)c([C@H]2CCCN2C(=O)CNc2cccc([N+](=O)[O-])c2)c1. The van der Waals surface area contributed by atoms with Gasteiger partial charge in [-0.05, 0) is 37.1 Å². The Morgan fingerprint density at radius 2 is 2.07 bits per heavy atom. The number of likely N-dealkylation sites (tertiary alicyclic amines) is 1. The molecule has 2 aromatic carbocycles. The molecule has 0 spiro atoms. The second kappa shape index (κ2) is 8.60. The number of non-ortho nitro benzene ring substituents is 1. The van der Waals surface area contributed by atoms with Crippen LogP contribution in [0, 0.1) is 10.1 Å². The summed E-state index contributed by atoms with van der Waals surface area (Å²) in [6, 6.07) is 11.6. The second-order valence-electron chi connectivity index (χ2n) is 6.51. The molecule has 0 radical (unpaired) electrons. The topological polar surface area (TPSA) is 93.9 Å². The molecule has 8 nitrogen and oxygen atoms in total. The van der Waals surface area contributed by atoms with Crippen LogP contribution in [0.25, 0.3) is 0 Å². The summed E-state index contributed by atoms with van der Waals surface area (Å²) >= 11 is 0. The molecule has 1 fully saturated rings. The van der Waals surface area contributed by atoms with Gasteiger partial charge in [-0.2, -0.15) is 0 Å². The number of methoxy groups -OCH3 is 2. The highest BCUT2D eigenvalue weighted by atomic mass is 16.6. The van der Waals surface area contributed by atoms with E-state index in [4.69, 9.17) is 9.47 Å². The van der Waals surface area contributed by atoms with E-state index in [1.807, 2.05) is 23.1 Å². The van der Waals surface area contributed by atoms with Crippen LogP contribution >= 0.6 is 0 Å². The first-order valence-electron chi connectivity index (χ1n) is 9.03. The van der Waals surface area contributed by atoms with Crippen molar-refractivity contribution < 1.29 is 19.2 Å². The van der Waals surface area contributed by atoms with Crippen molar-refractivity contribution in [1.29, 1.82) is 0 Å². The van der Waals surface area contributed by atoms with Crippen LogP contribution < -0.4 is 14.8 Å². The quantitative estimate of drug-likeness (QED) is 0.580. The number of benzene rings is 2. The molecule has 28 heavy (non-hydrogen) atoms. The third kappa shape index (κ3) is 4.16. The number of hydrogen-bond donors (Lipinski definition) is 1. The molecule has 1 N–H and O–H groups in total. The van der Waals surface area contributed by atoms with Crippen molar-refractivity contribution in [3.8, 4) is 11.5 Å². The molecule has 0 bridgehead atoms.